The molecule has 4 aromatic rings. The summed E-state index contributed by atoms with van der Waals surface area (Å²) in [5, 5.41) is 0. The van der Waals surface area contributed by atoms with Gasteiger partial charge in [-0.3, -0.25) is 0 Å². The summed E-state index contributed by atoms with van der Waals surface area (Å²) in [5.74, 6) is -1.07. The van der Waals surface area contributed by atoms with Gasteiger partial charge in [0.1, 0.15) is 21.3 Å². The summed E-state index contributed by atoms with van der Waals surface area (Å²) in [4.78, 5) is -0.603. The lowest BCUT2D eigenvalue weighted by Crippen LogP contribution is -2.54. The third-order valence-corrected chi connectivity index (χ3v) is 9.62. The Bertz CT molecular complexity index is 1670. The zero-order valence-corrected chi connectivity index (χ0v) is 25.8. The Balaban J connectivity index is 1.71. The molecule has 0 spiro atoms. The van der Waals surface area contributed by atoms with Crippen molar-refractivity contribution < 1.29 is 51.5 Å². The van der Waals surface area contributed by atoms with Gasteiger partial charge in [-0.25, -0.2) is 0 Å². The second-order valence-corrected chi connectivity index (χ2v) is 13.7. The van der Waals surface area contributed by atoms with Crippen LogP contribution in [0.25, 0.3) is 0 Å². The van der Waals surface area contributed by atoms with Gasteiger partial charge in [0.25, 0.3) is 0 Å². The molecule has 16 heteroatoms. The molecule has 0 heterocycles. The topological polar surface area (TPSA) is 86.7 Å². The van der Waals surface area contributed by atoms with Gasteiger partial charge in [0.05, 0.1) is 0 Å². The van der Waals surface area contributed by atoms with Crippen molar-refractivity contribution in [3.8, 4) is 11.5 Å². The van der Waals surface area contributed by atoms with Crippen LogP contribution in [0.3, 0.4) is 0 Å². The van der Waals surface area contributed by atoms with Crippen LogP contribution < -0.4 is 8.37 Å². The predicted molar refractivity (Wildman–Crippen MR) is 150 cm³/mol. The molecule has 0 saturated heterocycles. The van der Waals surface area contributed by atoms with E-state index >= 15 is 0 Å². The lowest BCUT2D eigenvalue weighted by atomic mass is 9.73. The summed E-state index contributed by atoms with van der Waals surface area (Å²) < 4.78 is 148. The fourth-order valence-corrected chi connectivity index (χ4v) is 6.44. The van der Waals surface area contributed by atoms with Crippen LogP contribution in [0.4, 0.5) is 26.3 Å². The number of halogens is 8. The normalized spacial score (nSPS) is 13.0. The van der Waals surface area contributed by atoms with Crippen LogP contribution in [0.2, 0.25) is 0 Å². The highest BCUT2D eigenvalue weighted by Gasteiger charge is 2.72. The molecule has 228 valence electrons. The number of hydrogen-bond acceptors (Lipinski definition) is 6. The third-order valence-electron chi connectivity index (χ3n) is 6.04. The predicted octanol–water partition coefficient (Wildman–Crippen LogP) is 8.16. The van der Waals surface area contributed by atoms with Crippen LogP contribution in [0.5, 0.6) is 11.5 Å². The number of alkyl halides is 6. The van der Waals surface area contributed by atoms with Crippen molar-refractivity contribution in [2.45, 2.75) is 27.6 Å². The lowest BCUT2D eigenvalue weighted by molar-refractivity contribution is -0.288. The minimum atomic E-state index is -5.96. The molecule has 0 unspecified atom stereocenters. The van der Waals surface area contributed by atoms with Gasteiger partial charge in [0, 0.05) is 8.95 Å². The number of hydrogen-bond donors (Lipinski definition) is 0. The molecule has 0 bridgehead atoms. The van der Waals surface area contributed by atoms with E-state index in [1.807, 2.05) is 0 Å². The van der Waals surface area contributed by atoms with Gasteiger partial charge in [-0.2, -0.15) is 43.2 Å². The zero-order valence-electron chi connectivity index (χ0n) is 21.0. The fourth-order valence-electron chi connectivity index (χ4n) is 4.06. The van der Waals surface area contributed by atoms with E-state index < -0.39 is 60.6 Å². The van der Waals surface area contributed by atoms with Crippen LogP contribution >= 0.6 is 31.9 Å². The van der Waals surface area contributed by atoms with E-state index in [0.717, 1.165) is 0 Å². The van der Waals surface area contributed by atoms with E-state index in [9.17, 15) is 43.2 Å². The molecule has 0 N–H and O–H groups in total. The van der Waals surface area contributed by atoms with Crippen molar-refractivity contribution in [1.82, 2.24) is 0 Å². The standard InChI is InChI=1S/C27H16Br2F6O6S2/c28-19-5-13-23(14-6-19)42(36,37)40-21-9-1-17(2-10-21)25(26(30,31)32,27(33,34)35)18-3-11-22(12-4-18)41-43(38,39)24-15-7-20(29)8-16-24/h1-16H. The van der Waals surface area contributed by atoms with E-state index in [1.54, 1.807) is 0 Å². The Kier molecular flexibility index (Phi) is 8.99. The van der Waals surface area contributed by atoms with E-state index in [-0.39, 0.29) is 9.79 Å². The Hall–Kier alpha value is -3.08. The average molecular weight is 774 g/mol. The summed E-state index contributed by atoms with van der Waals surface area (Å²) in [6, 6.07) is 14.8. The molecule has 0 amide bonds. The molecule has 0 aliphatic heterocycles. The van der Waals surface area contributed by atoms with Gasteiger partial charge in [0.15, 0.2) is 0 Å². The fraction of sp³-hybridized carbons (Fsp3) is 0.111. The smallest absolute Gasteiger partial charge is 0.379 e. The van der Waals surface area contributed by atoms with E-state index in [2.05, 4.69) is 31.9 Å². The molecular formula is C27H16Br2F6O6S2. The zero-order chi connectivity index (χ0) is 31.8. The molecule has 0 saturated carbocycles. The van der Waals surface area contributed by atoms with Gasteiger partial charge in [-0.1, -0.05) is 56.1 Å². The van der Waals surface area contributed by atoms with Gasteiger partial charge < -0.3 is 8.37 Å². The lowest BCUT2D eigenvalue weighted by Gasteiger charge is -2.38. The maximum absolute atomic E-state index is 14.5. The van der Waals surface area contributed by atoms with E-state index in [0.29, 0.717) is 57.5 Å². The van der Waals surface area contributed by atoms with Crippen LogP contribution in [0.15, 0.2) is 116 Å². The summed E-state index contributed by atoms with van der Waals surface area (Å²) >= 11 is 6.26. The minimum absolute atomic E-state index is 0.302. The number of rotatable bonds is 8. The first kappa shape index (κ1) is 32.8. The van der Waals surface area contributed by atoms with Crippen molar-refractivity contribution in [2.75, 3.05) is 0 Å². The highest BCUT2D eigenvalue weighted by Crippen LogP contribution is 2.56. The molecule has 4 aromatic carbocycles. The van der Waals surface area contributed by atoms with Crippen LogP contribution in [0, 0.1) is 0 Å². The molecule has 0 atom stereocenters. The van der Waals surface area contributed by atoms with Crippen LogP contribution in [-0.4, -0.2) is 29.2 Å². The van der Waals surface area contributed by atoms with Gasteiger partial charge in [0.2, 0.25) is 5.41 Å². The van der Waals surface area contributed by atoms with Gasteiger partial charge >= 0.3 is 32.6 Å². The monoisotopic (exact) mass is 772 g/mol. The highest BCUT2D eigenvalue weighted by atomic mass is 79.9. The SMILES string of the molecule is O=S(=O)(Oc1ccc(C(c2ccc(OS(=O)(=O)c3ccc(Br)cc3)cc2)(C(F)(F)F)C(F)(F)F)cc1)c1ccc(Br)cc1. The molecule has 0 fully saturated rings. The highest BCUT2D eigenvalue weighted by molar-refractivity contribution is 9.10. The third kappa shape index (κ3) is 6.71. The molecule has 0 aromatic heterocycles. The first-order valence-corrected chi connectivity index (χ1v) is 16.0. The molecule has 0 aliphatic carbocycles. The molecule has 0 aliphatic rings. The quantitative estimate of drug-likeness (QED) is 0.133. The van der Waals surface area contributed by atoms with E-state index in [4.69, 9.17) is 8.37 Å². The van der Waals surface area contributed by atoms with Crippen molar-refractivity contribution in [2.24, 2.45) is 0 Å². The van der Waals surface area contributed by atoms with Crippen LogP contribution in [0.1, 0.15) is 11.1 Å². The molecule has 0 radical (unpaired) electrons. The Morgan fingerprint density at radius 1 is 0.465 bits per heavy atom. The van der Waals surface area contributed by atoms with Gasteiger partial charge in [-0.05, 0) is 83.9 Å². The maximum Gasteiger partial charge on any atom is 0.411 e. The second kappa shape index (κ2) is 11.8. The Morgan fingerprint density at radius 2 is 0.744 bits per heavy atom. The maximum atomic E-state index is 14.5. The first-order chi connectivity index (χ1) is 19.9. The summed E-state index contributed by atoms with van der Waals surface area (Å²) in [6.45, 7) is 0. The Morgan fingerprint density at radius 3 is 1.00 bits per heavy atom. The van der Waals surface area contributed by atoms with Gasteiger partial charge in [-0.15, -0.1) is 0 Å². The van der Waals surface area contributed by atoms with Crippen LogP contribution in [-0.2, 0) is 25.7 Å². The number of benzene rings is 4. The molecular weight excluding hydrogens is 758 g/mol. The van der Waals surface area contributed by atoms with Crippen molar-refractivity contribution in [3.63, 3.8) is 0 Å². The summed E-state index contributed by atoms with van der Waals surface area (Å²) in [6.07, 6.45) is -11.9. The van der Waals surface area contributed by atoms with Crippen molar-refractivity contribution >= 4 is 52.1 Å². The van der Waals surface area contributed by atoms with Crippen molar-refractivity contribution in [1.29, 1.82) is 0 Å². The Labute approximate surface area is 258 Å². The largest absolute Gasteiger partial charge is 0.411 e. The molecule has 4 rings (SSSR count). The minimum Gasteiger partial charge on any atom is -0.379 e. The van der Waals surface area contributed by atoms with Crippen molar-refractivity contribution in [3.05, 3.63) is 117 Å². The second-order valence-electron chi connectivity index (χ2n) is 8.78. The van der Waals surface area contributed by atoms with E-state index in [1.165, 1.54) is 48.5 Å². The molecule has 43 heavy (non-hydrogen) atoms. The first-order valence-electron chi connectivity index (χ1n) is 11.6. The average Bonchev–Trinajstić information content (AvgIpc) is 2.89. The summed E-state index contributed by atoms with van der Waals surface area (Å²) in [7, 11) is -8.92. The summed E-state index contributed by atoms with van der Waals surface area (Å²) in [5.41, 5.74) is -7.18. The molecule has 6 nitrogen and oxygen atoms in total.